The number of carbonyl (C=O) groups is 1. The van der Waals surface area contributed by atoms with E-state index in [-0.39, 0.29) is 11.8 Å². The fourth-order valence-electron chi connectivity index (χ4n) is 5.84. The molecule has 0 aliphatic rings. The summed E-state index contributed by atoms with van der Waals surface area (Å²) < 4.78 is 60.4. The highest BCUT2D eigenvalue weighted by Gasteiger charge is 2.27. The zero-order valence-corrected chi connectivity index (χ0v) is 34.5. The molecule has 0 aliphatic heterocycles. The second-order valence-corrected chi connectivity index (χ2v) is 14.2. The maximum atomic E-state index is 12.2. The van der Waals surface area contributed by atoms with Crippen LogP contribution < -0.4 is 27.9 Å². The second-order valence-electron chi connectivity index (χ2n) is 13.1. The number of anilines is 1. The Morgan fingerprint density at radius 2 is 1.35 bits per heavy atom. The number of alkyl halides is 3. The molecule has 0 aliphatic carbocycles. The average molecular weight is 977 g/mol. The molecule has 0 bridgehead atoms. The number of nitrogens with one attached hydrogen (secondary N) is 3. The number of pyridine rings is 3. The van der Waals surface area contributed by atoms with Gasteiger partial charge in [0.15, 0.2) is 0 Å². The number of aromatic nitrogens is 12. The number of amides is 2. The summed E-state index contributed by atoms with van der Waals surface area (Å²) >= 11 is 2.20. The number of fused-ring (bicyclic) bond motifs is 3. The van der Waals surface area contributed by atoms with Crippen molar-refractivity contribution in [3.05, 3.63) is 139 Å². The topological polar surface area (TPSA) is 248 Å². The molecule has 10 aromatic rings. The number of imidazole rings is 3. The van der Waals surface area contributed by atoms with Crippen LogP contribution in [0.5, 0.6) is 0 Å². The maximum Gasteiger partial charge on any atom is 0.437 e. The predicted molar refractivity (Wildman–Crippen MR) is 224 cm³/mol. The molecule has 9 aromatic heterocycles. The summed E-state index contributed by atoms with van der Waals surface area (Å²) in [6.45, 7) is -1.43. The molecule has 0 spiro atoms. The first kappa shape index (κ1) is 41.6. The van der Waals surface area contributed by atoms with E-state index < -0.39 is 36.0 Å². The molecular formula is C38H28F3IN14O7. The van der Waals surface area contributed by atoms with E-state index in [0.29, 0.717) is 39.6 Å². The van der Waals surface area contributed by atoms with Gasteiger partial charge >= 0.3 is 29.5 Å². The lowest BCUT2D eigenvalue weighted by Crippen LogP contribution is -2.36. The van der Waals surface area contributed by atoms with Gasteiger partial charge in [0.05, 0.1) is 18.1 Å². The Morgan fingerprint density at radius 1 is 0.730 bits per heavy atom. The summed E-state index contributed by atoms with van der Waals surface area (Å²) in [7, 11) is 3.03. The molecule has 9 heterocycles. The number of aromatic amines is 1. The molecule has 320 valence electrons. The first-order chi connectivity index (χ1) is 30.2. The number of aryl methyl sites for hydroxylation is 2. The van der Waals surface area contributed by atoms with Crippen LogP contribution >= 0.6 is 22.6 Å². The van der Waals surface area contributed by atoms with Gasteiger partial charge in [0.1, 0.15) is 27.2 Å². The highest BCUT2D eigenvalue weighted by Crippen LogP contribution is 2.26. The summed E-state index contributed by atoms with van der Waals surface area (Å²) in [6, 6.07) is 16.3. The predicted octanol–water partition coefficient (Wildman–Crippen LogP) is 5.01. The van der Waals surface area contributed by atoms with E-state index in [4.69, 9.17) is 13.3 Å². The molecule has 10 rings (SSSR count). The minimum atomic E-state index is -4.49. The van der Waals surface area contributed by atoms with Crippen LogP contribution in [0.15, 0.2) is 132 Å². The first-order valence-corrected chi connectivity index (χ1v) is 19.1. The third kappa shape index (κ3) is 9.46. The van der Waals surface area contributed by atoms with Gasteiger partial charge in [0.2, 0.25) is 17.7 Å². The molecule has 0 unspecified atom stereocenters. The van der Waals surface area contributed by atoms with Crippen LogP contribution in [-0.4, -0.2) is 76.7 Å². The fourth-order valence-corrected chi connectivity index (χ4v) is 6.39. The number of nitrogens with zero attached hydrogens (tertiary/aromatic N) is 11. The number of carbonyl (C=O) groups excluding carboxylic acids is 1. The minimum Gasteiger partial charge on any atom is -0.388 e. The van der Waals surface area contributed by atoms with E-state index in [9.17, 15) is 32.3 Å². The van der Waals surface area contributed by atoms with E-state index in [1.165, 1.54) is 7.05 Å². The quantitative estimate of drug-likeness (QED) is 0.186. The molecule has 0 fully saturated rings. The first-order valence-electron chi connectivity index (χ1n) is 18.1. The highest BCUT2D eigenvalue weighted by molar-refractivity contribution is 14.1. The number of rotatable bonds is 6. The van der Waals surface area contributed by atoms with Gasteiger partial charge in [0, 0.05) is 73.0 Å². The van der Waals surface area contributed by atoms with E-state index in [1.54, 1.807) is 90.1 Å². The SMILES string of the molecule is Cn1nc(-c2ccn3c(-c4cccc(NC(=O)NCC(F)(F)F)c4)cnc3c2)oc1=O.Cn1nc(-c2ccn3c(I)cnc3c2)oc1=O.O=c1[nH]nc(-c2ccn3ccnc3c2)o1. The minimum absolute atomic E-state index is 0.163. The molecular weight excluding hydrogens is 948 g/mol. The third-order valence-corrected chi connectivity index (χ3v) is 9.60. The van der Waals surface area contributed by atoms with Crippen LogP contribution in [0.25, 0.3) is 62.6 Å². The van der Waals surface area contributed by atoms with Crippen molar-refractivity contribution < 1.29 is 31.2 Å². The number of halogens is 4. The normalized spacial score (nSPS) is 11.3. The summed E-state index contributed by atoms with van der Waals surface area (Å²) in [6.07, 6.45) is 7.83. The number of hydrogen-bond donors (Lipinski definition) is 3. The van der Waals surface area contributed by atoms with Crippen LogP contribution in [0.3, 0.4) is 0 Å². The van der Waals surface area contributed by atoms with Gasteiger partial charge in [-0.3, -0.25) is 8.80 Å². The summed E-state index contributed by atoms with van der Waals surface area (Å²) in [5.41, 5.74) is 5.82. The third-order valence-electron chi connectivity index (χ3n) is 8.80. The standard InChI is InChI=1S/C19H15F3N6O3.C10H7IN4O2.C9H6N4O2/c1-27-18(30)31-16(26-27)12-5-6-28-14(9-23-15(28)8-12)11-3-2-4-13(7-11)25-17(29)24-10-19(20,21)22;1-14-10(16)17-9(13-14)6-2-3-15-7(11)5-12-8(15)4-6;14-9-12-11-8(15-9)6-1-3-13-4-2-10-7(13)5-6/h2-9H,10H2,1H3,(H2,24,25,29);2-5H,1H3;1-5H,(H,12,14). The molecule has 0 radical (unpaired) electrons. The number of benzene rings is 1. The Labute approximate surface area is 361 Å². The van der Waals surface area contributed by atoms with Gasteiger partial charge in [-0.1, -0.05) is 12.1 Å². The van der Waals surface area contributed by atoms with Crippen molar-refractivity contribution in [2.75, 3.05) is 11.9 Å². The van der Waals surface area contributed by atoms with Crippen LogP contribution in [-0.2, 0) is 14.1 Å². The van der Waals surface area contributed by atoms with Crippen molar-refractivity contribution in [3.8, 4) is 45.6 Å². The van der Waals surface area contributed by atoms with Crippen molar-refractivity contribution in [1.29, 1.82) is 0 Å². The summed E-state index contributed by atoms with van der Waals surface area (Å²) in [4.78, 5) is 57.8. The lowest BCUT2D eigenvalue weighted by molar-refractivity contribution is -0.122. The molecule has 21 nitrogen and oxygen atoms in total. The second kappa shape index (κ2) is 17.1. The van der Waals surface area contributed by atoms with Gasteiger partial charge in [0.25, 0.3) is 0 Å². The van der Waals surface area contributed by atoms with Crippen molar-refractivity contribution in [2.24, 2.45) is 14.1 Å². The highest BCUT2D eigenvalue weighted by atomic mass is 127. The zero-order chi connectivity index (χ0) is 44.4. The molecule has 0 atom stereocenters. The molecule has 25 heteroatoms. The molecule has 0 saturated heterocycles. The lowest BCUT2D eigenvalue weighted by Gasteiger charge is -2.10. The van der Waals surface area contributed by atoms with Gasteiger partial charge in [-0.15, -0.1) is 15.3 Å². The molecule has 2 amide bonds. The molecule has 0 saturated carbocycles. The van der Waals surface area contributed by atoms with Crippen molar-refractivity contribution >= 4 is 51.3 Å². The van der Waals surface area contributed by atoms with E-state index in [0.717, 1.165) is 29.9 Å². The smallest absolute Gasteiger partial charge is 0.388 e. The molecule has 1 aromatic carbocycles. The van der Waals surface area contributed by atoms with E-state index in [2.05, 4.69) is 63.3 Å². The van der Waals surface area contributed by atoms with Gasteiger partial charge in [-0.05, 0) is 71.1 Å². The van der Waals surface area contributed by atoms with Crippen LogP contribution in [0.1, 0.15) is 0 Å². The summed E-state index contributed by atoms with van der Waals surface area (Å²) in [5.74, 6) is -0.882. The van der Waals surface area contributed by atoms with Crippen LogP contribution in [0.4, 0.5) is 23.7 Å². The van der Waals surface area contributed by atoms with Crippen LogP contribution in [0.2, 0.25) is 0 Å². The largest absolute Gasteiger partial charge is 0.437 e. The van der Waals surface area contributed by atoms with Crippen LogP contribution in [0, 0.1) is 3.70 Å². The number of H-pyrrole nitrogens is 1. The lowest BCUT2D eigenvalue weighted by atomic mass is 10.1. The van der Waals surface area contributed by atoms with Crippen molar-refractivity contribution in [2.45, 2.75) is 6.18 Å². The Kier molecular flexibility index (Phi) is 11.3. The van der Waals surface area contributed by atoms with E-state index in [1.807, 2.05) is 39.5 Å². The maximum absolute atomic E-state index is 12.2. The zero-order valence-electron chi connectivity index (χ0n) is 32.3. The van der Waals surface area contributed by atoms with Gasteiger partial charge in [-0.2, -0.15) is 22.5 Å². The summed E-state index contributed by atoms with van der Waals surface area (Å²) in [5, 5.41) is 18.1. The van der Waals surface area contributed by atoms with E-state index >= 15 is 0 Å². The van der Waals surface area contributed by atoms with Gasteiger partial charge in [-0.25, -0.2) is 39.2 Å². The Balaban J connectivity index is 0.000000142. The average Bonchev–Trinajstić information content (AvgIpc) is 4.14. The van der Waals surface area contributed by atoms with Crippen molar-refractivity contribution in [3.63, 3.8) is 0 Å². The Morgan fingerprint density at radius 3 is 1.98 bits per heavy atom. The molecule has 3 N–H and O–H groups in total. The Hall–Kier alpha value is -8.10. The monoisotopic (exact) mass is 976 g/mol. The van der Waals surface area contributed by atoms with Gasteiger partial charge < -0.3 is 28.3 Å². The number of urea groups is 1. The van der Waals surface area contributed by atoms with Crippen molar-refractivity contribution in [1.82, 2.24) is 63.2 Å². The molecule has 63 heavy (non-hydrogen) atoms. The number of hydrogen-bond acceptors (Lipinski definition) is 13. The Bertz CT molecular complexity index is 3440. The fraction of sp³-hybridized carbons (Fsp3) is 0.105.